The lowest BCUT2D eigenvalue weighted by molar-refractivity contribution is 0.297. The van der Waals surface area contributed by atoms with E-state index >= 15 is 0 Å². The SMILES string of the molecule is NNc1ncnc(Oc2ccccc2CCO)c1Br. The molecule has 0 spiro atoms. The zero-order valence-electron chi connectivity index (χ0n) is 10.0. The standard InChI is InChI=1S/C12H13BrN4O2/c13-10-11(17-14)15-7-16-12(10)19-9-4-2-1-3-8(9)5-6-18/h1-4,7,18H,5-6,14H2,(H,15,16,17). The van der Waals surface area contributed by atoms with E-state index in [1.807, 2.05) is 24.3 Å². The Kier molecular flexibility index (Phi) is 4.67. The summed E-state index contributed by atoms with van der Waals surface area (Å²) in [7, 11) is 0. The van der Waals surface area contributed by atoms with Gasteiger partial charge in [-0.1, -0.05) is 18.2 Å². The molecule has 7 heteroatoms. The Morgan fingerprint density at radius 3 is 2.84 bits per heavy atom. The highest BCUT2D eigenvalue weighted by molar-refractivity contribution is 9.10. The summed E-state index contributed by atoms with van der Waals surface area (Å²) in [5.74, 6) is 6.76. The Labute approximate surface area is 118 Å². The van der Waals surface area contributed by atoms with Gasteiger partial charge in [-0.05, 0) is 34.0 Å². The lowest BCUT2D eigenvalue weighted by Gasteiger charge is -2.11. The van der Waals surface area contributed by atoms with Crippen molar-refractivity contribution in [3.63, 3.8) is 0 Å². The maximum absolute atomic E-state index is 9.03. The van der Waals surface area contributed by atoms with Gasteiger partial charge < -0.3 is 15.3 Å². The van der Waals surface area contributed by atoms with Crippen molar-refractivity contribution in [1.82, 2.24) is 9.97 Å². The molecule has 0 aliphatic rings. The van der Waals surface area contributed by atoms with Crippen LogP contribution in [0.2, 0.25) is 0 Å². The van der Waals surface area contributed by atoms with Crippen molar-refractivity contribution in [3.05, 3.63) is 40.6 Å². The molecule has 0 atom stereocenters. The number of halogens is 1. The van der Waals surface area contributed by atoms with E-state index in [9.17, 15) is 0 Å². The third-order valence-electron chi connectivity index (χ3n) is 2.45. The number of hydrazine groups is 1. The van der Waals surface area contributed by atoms with Gasteiger partial charge in [0.1, 0.15) is 16.5 Å². The summed E-state index contributed by atoms with van der Waals surface area (Å²) in [5.41, 5.74) is 3.34. The number of anilines is 1. The monoisotopic (exact) mass is 324 g/mol. The highest BCUT2D eigenvalue weighted by atomic mass is 79.9. The minimum atomic E-state index is 0.0565. The number of nitrogens with two attached hydrogens (primary N) is 1. The second-order valence-corrected chi connectivity index (χ2v) is 4.46. The van der Waals surface area contributed by atoms with Crippen molar-refractivity contribution in [2.24, 2.45) is 5.84 Å². The van der Waals surface area contributed by atoms with Crippen LogP contribution in [0, 0.1) is 0 Å². The maximum Gasteiger partial charge on any atom is 0.238 e. The lowest BCUT2D eigenvalue weighted by atomic mass is 10.1. The van der Waals surface area contributed by atoms with Gasteiger partial charge in [0, 0.05) is 6.61 Å². The molecule has 0 aliphatic carbocycles. The third kappa shape index (κ3) is 3.19. The Morgan fingerprint density at radius 1 is 1.32 bits per heavy atom. The summed E-state index contributed by atoms with van der Waals surface area (Å²) < 4.78 is 6.27. The van der Waals surface area contributed by atoms with Crippen LogP contribution in [0.3, 0.4) is 0 Å². The van der Waals surface area contributed by atoms with Crippen LogP contribution >= 0.6 is 15.9 Å². The molecule has 0 fully saturated rings. The molecule has 2 aromatic rings. The fourth-order valence-corrected chi connectivity index (χ4v) is 1.96. The van der Waals surface area contributed by atoms with Crippen LogP contribution in [-0.4, -0.2) is 21.7 Å². The molecule has 0 bridgehead atoms. The highest BCUT2D eigenvalue weighted by Gasteiger charge is 2.11. The molecular formula is C12H13BrN4O2. The molecule has 0 saturated carbocycles. The zero-order chi connectivity index (χ0) is 13.7. The van der Waals surface area contributed by atoms with Gasteiger partial charge in [0.25, 0.3) is 0 Å². The van der Waals surface area contributed by atoms with Crippen molar-refractivity contribution in [2.75, 3.05) is 12.0 Å². The molecule has 0 saturated heterocycles. The van der Waals surface area contributed by atoms with Crippen molar-refractivity contribution >= 4 is 21.7 Å². The number of nitrogen functional groups attached to an aromatic ring is 1. The molecule has 0 amide bonds. The van der Waals surface area contributed by atoms with Gasteiger partial charge in [0.2, 0.25) is 5.88 Å². The molecule has 1 aromatic carbocycles. The number of ether oxygens (including phenoxy) is 1. The summed E-state index contributed by atoms with van der Waals surface area (Å²) in [6, 6.07) is 7.45. The molecular weight excluding hydrogens is 312 g/mol. The number of para-hydroxylation sites is 1. The first-order valence-electron chi connectivity index (χ1n) is 5.60. The van der Waals surface area contributed by atoms with Gasteiger partial charge in [-0.2, -0.15) is 0 Å². The Morgan fingerprint density at radius 2 is 2.11 bits per heavy atom. The minimum Gasteiger partial charge on any atom is -0.437 e. The van der Waals surface area contributed by atoms with Crippen LogP contribution < -0.4 is 16.0 Å². The average Bonchev–Trinajstić information content (AvgIpc) is 2.43. The van der Waals surface area contributed by atoms with Crippen LogP contribution in [0.1, 0.15) is 5.56 Å². The number of hydrogen-bond donors (Lipinski definition) is 3. The molecule has 0 aliphatic heterocycles. The second-order valence-electron chi connectivity index (χ2n) is 3.67. The molecule has 4 N–H and O–H groups in total. The van der Waals surface area contributed by atoms with E-state index in [1.165, 1.54) is 6.33 Å². The largest absolute Gasteiger partial charge is 0.437 e. The molecule has 1 heterocycles. The van der Waals surface area contributed by atoms with E-state index in [1.54, 1.807) is 0 Å². The van der Waals surface area contributed by atoms with Crippen LogP contribution in [0.25, 0.3) is 0 Å². The topological polar surface area (TPSA) is 93.3 Å². The van der Waals surface area contributed by atoms with E-state index in [0.29, 0.717) is 28.3 Å². The van der Waals surface area contributed by atoms with E-state index < -0.39 is 0 Å². The third-order valence-corrected chi connectivity index (χ3v) is 3.17. The van der Waals surface area contributed by atoms with Gasteiger partial charge >= 0.3 is 0 Å². The molecule has 0 unspecified atom stereocenters. The number of benzene rings is 1. The van der Waals surface area contributed by atoms with E-state index in [2.05, 4.69) is 31.3 Å². The molecule has 100 valence electrons. The molecule has 1 aromatic heterocycles. The highest BCUT2D eigenvalue weighted by Crippen LogP contribution is 2.32. The quantitative estimate of drug-likeness (QED) is 0.574. The first kappa shape index (κ1) is 13.7. The van der Waals surface area contributed by atoms with Crippen LogP contribution in [-0.2, 0) is 6.42 Å². The number of aliphatic hydroxyl groups excluding tert-OH is 1. The number of aromatic nitrogens is 2. The average molecular weight is 325 g/mol. The number of aliphatic hydroxyl groups is 1. The smallest absolute Gasteiger partial charge is 0.238 e. The number of rotatable bonds is 5. The van der Waals surface area contributed by atoms with Gasteiger partial charge in [-0.3, -0.25) is 0 Å². The normalized spacial score (nSPS) is 10.3. The molecule has 2 rings (SSSR count). The van der Waals surface area contributed by atoms with Crippen molar-refractivity contribution in [2.45, 2.75) is 6.42 Å². The summed E-state index contributed by atoms with van der Waals surface area (Å²) in [4.78, 5) is 7.99. The van der Waals surface area contributed by atoms with Gasteiger partial charge in [0.05, 0.1) is 0 Å². The fraction of sp³-hybridized carbons (Fsp3) is 0.167. The van der Waals surface area contributed by atoms with Crippen LogP contribution in [0.4, 0.5) is 5.82 Å². The summed E-state index contributed by atoms with van der Waals surface area (Å²) >= 11 is 3.32. The lowest BCUT2D eigenvalue weighted by Crippen LogP contribution is -2.10. The maximum atomic E-state index is 9.03. The Balaban J connectivity index is 2.31. The second kappa shape index (κ2) is 6.46. The summed E-state index contributed by atoms with van der Waals surface area (Å²) in [6.45, 7) is 0.0565. The van der Waals surface area contributed by atoms with Crippen molar-refractivity contribution in [1.29, 1.82) is 0 Å². The van der Waals surface area contributed by atoms with Gasteiger partial charge in [0.15, 0.2) is 5.82 Å². The molecule has 19 heavy (non-hydrogen) atoms. The van der Waals surface area contributed by atoms with E-state index in [4.69, 9.17) is 15.7 Å². The molecule has 6 nitrogen and oxygen atoms in total. The predicted molar refractivity (Wildman–Crippen MR) is 74.8 cm³/mol. The number of hydrogen-bond acceptors (Lipinski definition) is 6. The van der Waals surface area contributed by atoms with E-state index in [0.717, 1.165) is 5.56 Å². The first-order chi connectivity index (χ1) is 9.26. The van der Waals surface area contributed by atoms with Gasteiger partial charge in [-0.15, -0.1) is 0 Å². The van der Waals surface area contributed by atoms with Crippen molar-refractivity contribution in [3.8, 4) is 11.6 Å². The Bertz CT molecular complexity index is 565. The van der Waals surface area contributed by atoms with Crippen LogP contribution in [0.5, 0.6) is 11.6 Å². The number of nitrogens with one attached hydrogen (secondary N) is 1. The zero-order valence-corrected chi connectivity index (χ0v) is 11.6. The number of nitrogens with zero attached hydrogens (tertiary/aromatic N) is 2. The fourth-order valence-electron chi connectivity index (χ4n) is 1.56. The van der Waals surface area contributed by atoms with Crippen LogP contribution in [0.15, 0.2) is 35.1 Å². The van der Waals surface area contributed by atoms with Crippen molar-refractivity contribution < 1.29 is 9.84 Å². The predicted octanol–water partition coefficient (Wildman–Crippen LogP) is 1.85. The minimum absolute atomic E-state index is 0.0565. The summed E-state index contributed by atoms with van der Waals surface area (Å²) in [6.07, 6.45) is 1.87. The van der Waals surface area contributed by atoms with E-state index in [-0.39, 0.29) is 6.61 Å². The Hall–Kier alpha value is -1.70. The van der Waals surface area contributed by atoms with Gasteiger partial charge in [-0.25, -0.2) is 15.8 Å². The molecule has 0 radical (unpaired) electrons. The first-order valence-corrected chi connectivity index (χ1v) is 6.39. The summed E-state index contributed by atoms with van der Waals surface area (Å²) in [5, 5.41) is 9.03.